The second-order valence-electron chi connectivity index (χ2n) is 6.54. The maximum absolute atomic E-state index is 12.3. The summed E-state index contributed by atoms with van der Waals surface area (Å²) in [6, 6.07) is 11.0. The lowest BCUT2D eigenvalue weighted by molar-refractivity contribution is -0.133. The summed E-state index contributed by atoms with van der Waals surface area (Å²) in [6.07, 6.45) is 3.58. The molecule has 0 bridgehead atoms. The minimum atomic E-state index is 0. The summed E-state index contributed by atoms with van der Waals surface area (Å²) >= 11 is 0. The van der Waals surface area contributed by atoms with Crippen molar-refractivity contribution in [2.24, 2.45) is 5.73 Å². The minimum absolute atomic E-state index is 0. The van der Waals surface area contributed by atoms with Gasteiger partial charge in [0.2, 0.25) is 5.91 Å². The predicted octanol–water partition coefficient (Wildman–Crippen LogP) is 3.08. The summed E-state index contributed by atoms with van der Waals surface area (Å²) < 4.78 is 0. The van der Waals surface area contributed by atoms with Gasteiger partial charge in [-0.05, 0) is 38.3 Å². The number of halogens is 2. The molecule has 1 fully saturated rings. The quantitative estimate of drug-likeness (QED) is 0.830. The average molecular weight is 376 g/mol. The first-order valence-corrected chi connectivity index (χ1v) is 8.34. The van der Waals surface area contributed by atoms with Crippen LogP contribution in [0.1, 0.15) is 38.2 Å². The zero-order valence-corrected chi connectivity index (χ0v) is 16.3. The number of nitrogens with zero attached hydrogens (tertiary/aromatic N) is 2. The molecule has 1 aromatic rings. The van der Waals surface area contributed by atoms with Crippen molar-refractivity contribution in [2.75, 3.05) is 20.1 Å². The van der Waals surface area contributed by atoms with Gasteiger partial charge in [0.15, 0.2) is 0 Å². The summed E-state index contributed by atoms with van der Waals surface area (Å²) in [5, 5.41) is 0. The van der Waals surface area contributed by atoms with Crippen LogP contribution in [0.3, 0.4) is 0 Å². The number of nitrogens with two attached hydrogens (primary N) is 1. The van der Waals surface area contributed by atoms with Crippen molar-refractivity contribution in [2.45, 2.75) is 51.2 Å². The number of likely N-dealkylation sites (N-methyl/N-ethyl adjacent to an activating group) is 1. The van der Waals surface area contributed by atoms with Crippen LogP contribution in [-0.2, 0) is 11.3 Å². The fourth-order valence-corrected chi connectivity index (χ4v) is 3.06. The molecule has 1 aliphatic rings. The molecule has 2 unspecified atom stereocenters. The Morgan fingerprint density at radius 1 is 1.33 bits per heavy atom. The van der Waals surface area contributed by atoms with Crippen molar-refractivity contribution in [3.63, 3.8) is 0 Å². The third-order valence-corrected chi connectivity index (χ3v) is 4.48. The molecule has 6 heteroatoms. The topological polar surface area (TPSA) is 49.6 Å². The number of rotatable bonds is 6. The molecule has 2 rings (SSSR count). The lowest BCUT2D eigenvalue weighted by atomic mass is 10.0. The SMILES string of the molecule is CC(N)CCC(=O)N(C)C1CCCN(Cc2ccccc2)C1.Cl.Cl. The molecule has 2 atom stereocenters. The highest BCUT2D eigenvalue weighted by Crippen LogP contribution is 2.18. The molecule has 1 heterocycles. The van der Waals surface area contributed by atoms with E-state index in [1.807, 2.05) is 24.9 Å². The Bertz CT molecular complexity index is 471. The molecule has 2 N–H and O–H groups in total. The Balaban J connectivity index is 0.00000264. The molecule has 0 aliphatic carbocycles. The number of amides is 1. The molecule has 138 valence electrons. The van der Waals surface area contributed by atoms with Gasteiger partial charge < -0.3 is 10.6 Å². The Hall–Kier alpha value is -0.810. The van der Waals surface area contributed by atoms with Gasteiger partial charge in [-0.25, -0.2) is 0 Å². The molecule has 0 spiro atoms. The standard InChI is InChI=1S/C18H29N3O.2ClH/c1-15(19)10-11-18(22)20(2)17-9-6-12-21(14-17)13-16-7-4-3-5-8-16;;/h3-5,7-8,15,17H,6,9-14,19H2,1-2H3;2*1H. The molecule has 0 aromatic heterocycles. The van der Waals surface area contributed by atoms with E-state index in [1.165, 1.54) is 5.56 Å². The second-order valence-corrected chi connectivity index (χ2v) is 6.54. The maximum Gasteiger partial charge on any atom is 0.222 e. The van der Waals surface area contributed by atoms with Crippen LogP contribution in [0.5, 0.6) is 0 Å². The molecular weight excluding hydrogens is 345 g/mol. The first kappa shape index (κ1) is 23.2. The largest absolute Gasteiger partial charge is 0.341 e. The van der Waals surface area contributed by atoms with Crippen molar-refractivity contribution in [1.82, 2.24) is 9.80 Å². The fourth-order valence-electron chi connectivity index (χ4n) is 3.06. The van der Waals surface area contributed by atoms with E-state index in [9.17, 15) is 4.79 Å². The molecule has 24 heavy (non-hydrogen) atoms. The van der Waals surface area contributed by atoms with Gasteiger partial charge in [0.1, 0.15) is 0 Å². The van der Waals surface area contributed by atoms with E-state index in [1.54, 1.807) is 0 Å². The molecule has 1 amide bonds. The van der Waals surface area contributed by atoms with Crippen LogP contribution < -0.4 is 5.73 Å². The third-order valence-electron chi connectivity index (χ3n) is 4.48. The van der Waals surface area contributed by atoms with Gasteiger partial charge in [0.05, 0.1) is 0 Å². The number of carbonyl (C=O) groups excluding carboxylic acids is 1. The van der Waals surface area contributed by atoms with E-state index < -0.39 is 0 Å². The zero-order chi connectivity index (χ0) is 15.9. The summed E-state index contributed by atoms with van der Waals surface area (Å²) in [5.74, 6) is 0.226. The van der Waals surface area contributed by atoms with Crippen molar-refractivity contribution in [1.29, 1.82) is 0 Å². The van der Waals surface area contributed by atoms with Crippen LogP contribution in [-0.4, -0.2) is 47.9 Å². The van der Waals surface area contributed by atoms with Gasteiger partial charge in [-0.3, -0.25) is 9.69 Å². The molecule has 1 aromatic carbocycles. The Morgan fingerprint density at radius 3 is 2.62 bits per heavy atom. The van der Waals surface area contributed by atoms with Gasteiger partial charge >= 0.3 is 0 Å². The average Bonchev–Trinajstić information content (AvgIpc) is 2.53. The first-order valence-electron chi connectivity index (χ1n) is 8.34. The van der Waals surface area contributed by atoms with E-state index in [4.69, 9.17) is 5.73 Å². The molecular formula is C18H31Cl2N3O. The molecule has 1 aliphatic heterocycles. The number of hydrogen-bond acceptors (Lipinski definition) is 3. The minimum Gasteiger partial charge on any atom is -0.341 e. The Kier molecular flexibility index (Phi) is 11.3. The lowest BCUT2D eigenvalue weighted by Crippen LogP contribution is -2.48. The highest BCUT2D eigenvalue weighted by Gasteiger charge is 2.25. The van der Waals surface area contributed by atoms with Crippen LogP contribution in [0.25, 0.3) is 0 Å². The Morgan fingerprint density at radius 2 is 2.00 bits per heavy atom. The molecule has 0 saturated carbocycles. The summed E-state index contributed by atoms with van der Waals surface area (Å²) in [7, 11) is 1.94. The zero-order valence-electron chi connectivity index (χ0n) is 14.7. The van der Waals surface area contributed by atoms with Crippen molar-refractivity contribution in [3.05, 3.63) is 35.9 Å². The van der Waals surface area contributed by atoms with E-state index in [2.05, 4.69) is 29.2 Å². The van der Waals surface area contributed by atoms with Crippen molar-refractivity contribution >= 4 is 30.7 Å². The highest BCUT2D eigenvalue weighted by atomic mass is 35.5. The Labute approximate surface area is 158 Å². The van der Waals surface area contributed by atoms with Crippen LogP contribution in [0.4, 0.5) is 0 Å². The van der Waals surface area contributed by atoms with E-state index in [-0.39, 0.29) is 36.8 Å². The maximum atomic E-state index is 12.3. The number of piperidine rings is 1. The summed E-state index contributed by atoms with van der Waals surface area (Å²) in [4.78, 5) is 16.7. The van der Waals surface area contributed by atoms with E-state index in [0.29, 0.717) is 12.5 Å². The molecule has 4 nitrogen and oxygen atoms in total. The highest BCUT2D eigenvalue weighted by molar-refractivity contribution is 5.85. The molecule has 1 saturated heterocycles. The van der Waals surface area contributed by atoms with Crippen LogP contribution in [0.15, 0.2) is 30.3 Å². The normalized spacial score (nSPS) is 18.9. The number of hydrogen-bond donors (Lipinski definition) is 1. The van der Waals surface area contributed by atoms with Crippen molar-refractivity contribution in [3.8, 4) is 0 Å². The number of carbonyl (C=O) groups is 1. The van der Waals surface area contributed by atoms with E-state index in [0.717, 1.165) is 38.9 Å². The van der Waals surface area contributed by atoms with Crippen LogP contribution in [0.2, 0.25) is 0 Å². The summed E-state index contributed by atoms with van der Waals surface area (Å²) in [6.45, 7) is 5.01. The number of likely N-dealkylation sites (tertiary alicyclic amines) is 1. The van der Waals surface area contributed by atoms with Gasteiger partial charge in [-0.2, -0.15) is 0 Å². The summed E-state index contributed by atoms with van der Waals surface area (Å²) in [5.41, 5.74) is 7.09. The molecule has 0 radical (unpaired) electrons. The first-order chi connectivity index (χ1) is 10.6. The van der Waals surface area contributed by atoms with Gasteiger partial charge in [0, 0.05) is 38.6 Å². The van der Waals surface area contributed by atoms with Gasteiger partial charge in [-0.1, -0.05) is 30.3 Å². The van der Waals surface area contributed by atoms with Crippen molar-refractivity contribution < 1.29 is 4.79 Å². The second kappa shape index (κ2) is 11.7. The van der Waals surface area contributed by atoms with Crippen LogP contribution >= 0.6 is 24.8 Å². The third kappa shape index (κ3) is 7.39. The number of benzene rings is 1. The lowest BCUT2D eigenvalue weighted by Gasteiger charge is -2.37. The predicted molar refractivity (Wildman–Crippen MR) is 105 cm³/mol. The smallest absolute Gasteiger partial charge is 0.222 e. The monoisotopic (exact) mass is 375 g/mol. The fraction of sp³-hybridized carbons (Fsp3) is 0.611. The van der Waals surface area contributed by atoms with E-state index >= 15 is 0 Å². The van der Waals surface area contributed by atoms with Gasteiger partial charge in [-0.15, -0.1) is 24.8 Å². The van der Waals surface area contributed by atoms with Crippen LogP contribution in [0, 0.1) is 0 Å². The van der Waals surface area contributed by atoms with Gasteiger partial charge in [0.25, 0.3) is 0 Å².